The van der Waals surface area contributed by atoms with Crippen molar-refractivity contribution in [2.24, 2.45) is 5.41 Å². The molecular weight excluding hydrogens is 246 g/mol. The van der Waals surface area contributed by atoms with E-state index in [0.29, 0.717) is 24.4 Å². The van der Waals surface area contributed by atoms with Crippen LogP contribution in [0.1, 0.15) is 38.9 Å². The molecule has 1 heterocycles. The van der Waals surface area contributed by atoms with Gasteiger partial charge in [0.25, 0.3) is 0 Å². The van der Waals surface area contributed by atoms with E-state index in [-0.39, 0.29) is 17.9 Å². The average Bonchev–Trinajstić information content (AvgIpc) is 3.09. The normalized spacial score (nSPS) is 17.6. The molecule has 1 aromatic rings. The lowest BCUT2D eigenvalue weighted by molar-refractivity contribution is -0.134. The van der Waals surface area contributed by atoms with Crippen LogP contribution in [0.15, 0.2) is 10.6 Å². The number of carbonyl (C=O) groups is 2. The van der Waals surface area contributed by atoms with Gasteiger partial charge in [-0.3, -0.25) is 9.59 Å². The van der Waals surface area contributed by atoms with E-state index in [4.69, 9.17) is 4.52 Å². The summed E-state index contributed by atoms with van der Waals surface area (Å²) in [6.07, 6.45) is 2.00. The molecule has 1 saturated carbocycles. The summed E-state index contributed by atoms with van der Waals surface area (Å²) in [5.74, 6) is 0.468. The van der Waals surface area contributed by atoms with Crippen molar-refractivity contribution < 1.29 is 14.1 Å². The van der Waals surface area contributed by atoms with E-state index >= 15 is 0 Å². The minimum absolute atomic E-state index is 0.0760. The number of hydrogen-bond donors (Lipinski definition) is 2. The van der Waals surface area contributed by atoms with Gasteiger partial charge >= 0.3 is 0 Å². The Morgan fingerprint density at radius 3 is 2.63 bits per heavy atom. The van der Waals surface area contributed by atoms with Crippen LogP contribution in [0.2, 0.25) is 0 Å². The van der Waals surface area contributed by atoms with Crippen LogP contribution in [-0.2, 0) is 9.59 Å². The molecule has 2 rings (SSSR count). The van der Waals surface area contributed by atoms with Crippen molar-refractivity contribution in [2.75, 3.05) is 5.32 Å². The second-order valence-electron chi connectivity index (χ2n) is 5.14. The number of aryl methyl sites for hydroxylation is 1. The van der Waals surface area contributed by atoms with E-state index in [1.165, 1.54) is 0 Å². The van der Waals surface area contributed by atoms with Gasteiger partial charge in [0.1, 0.15) is 11.2 Å². The number of carbonyl (C=O) groups excluding carboxylic acids is 2. The second kappa shape index (κ2) is 5.03. The lowest BCUT2D eigenvalue weighted by Gasteiger charge is -2.17. The Bertz CT molecular complexity index is 491. The number of rotatable bonds is 5. The van der Waals surface area contributed by atoms with Crippen molar-refractivity contribution in [1.82, 2.24) is 10.5 Å². The van der Waals surface area contributed by atoms with Crippen molar-refractivity contribution in [3.05, 3.63) is 11.8 Å². The van der Waals surface area contributed by atoms with E-state index in [1.54, 1.807) is 13.0 Å². The minimum Gasteiger partial charge on any atom is -0.360 e. The fraction of sp³-hybridized carbons (Fsp3) is 0.615. The van der Waals surface area contributed by atoms with E-state index in [1.807, 2.05) is 13.8 Å². The summed E-state index contributed by atoms with van der Waals surface area (Å²) in [6, 6.07) is 1.70. The van der Waals surface area contributed by atoms with Crippen molar-refractivity contribution in [3.8, 4) is 0 Å². The maximum absolute atomic E-state index is 12.2. The minimum atomic E-state index is -0.920. The number of amides is 2. The van der Waals surface area contributed by atoms with Crippen LogP contribution in [0.5, 0.6) is 0 Å². The summed E-state index contributed by atoms with van der Waals surface area (Å²) in [4.78, 5) is 24.3. The third kappa shape index (κ3) is 2.77. The van der Waals surface area contributed by atoms with E-state index < -0.39 is 5.41 Å². The largest absolute Gasteiger partial charge is 0.360 e. The summed E-state index contributed by atoms with van der Waals surface area (Å²) in [6.45, 7) is 5.65. The molecule has 1 fully saturated rings. The molecule has 0 radical (unpaired) electrons. The third-order valence-corrected chi connectivity index (χ3v) is 3.48. The number of anilines is 1. The van der Waals surface area contributed by atoms with Crippen molar-refractivity contribution in [3.63, 3.8) is 0 Å². The second-order valence-corrected chi connectivity index (χ2v) is 5.14. The fourth-order valence-electron chi connectivity index (χ4n) is 1.81. The van der Waals surface area contributed by atoms with Gasteiger partial charge in [0.15, 0.2) is 5.82 Å². The van der Waals surface area contributed by atoms with Crippen LogP contribution in [0.25, 0.3) is 0 Å². The molecule has 0 spiro atoms. The Kier molecular flexibility index (Phi) is 3.59. The fourth-order valence-corrected chi connectivity index (χ4v) is 1.81. The highest BCUT2D eigenvalue weighted by molar-refractivity contribution is 6.12. The Hall–Kier alpha value is -1.85. The summed E-state index contributed by atoms with van der Waals surface area (Å²) in [5, 5.41) is 9.19. The highest BCUT2D eigenvalue weighted by atomic mass is 16.5. The van der Waals surface area contributed by atoms with Crippen molar-refractivity contribution in [1.29, 1.82) is 0 Å². The summed E-state index contributed by atoms with van der Waals surface area (Å²) >= 11 is 0. The molecule has 0 bridgehead atoms. The first-order valence-corrected chi connectivity index (χ1v) is 6.53. The molecule has 2 N–H and O–H groups in total. The lowest BCUT2D eigenvalue weighted by Crippen LogP contribution is -2.43. The van der Waals surface area contributed by atoms with Gasteiger partial charge in [-0.05, 0) is 33.1 Å². The van der Waals surface area contributed by atoms with Gasteiger partial charge < -0.3 is 15.2 Å². The molecule has 6 heteroatoms. The molecule has 0 aliphatic heterocycles. The van der Waals surface area contributed by atoms with Gasteiger partial charge in [-0.2, -0.15) is 0 Å². The Balaban J connectivity index is 2.00. The third-order valence-electron chi connectivity index (χ3n) is 3.48. The Labute approximate surface area is 111 Å². The zero-order chi connectivity index (χ0) is 14.0. The van der Waals surface area contributed by atoms with Gasteiger partial charge in [0, 0.05) is 12.1 Å². The first-order valence-electron chi connectivity index (χ1n) is 6.53. The molecular formula is C13H19N3O3. The van der Waals surface area contributed by atoms with Crippen LogP contribution >= 0.6 is 0 Å². The summed E-state index contributed by atoms with van der Waals surface area (Å²) < 4.78 is 4.88. The number of nitrogens with one attached hydrogen (secondary N) is 2. The maximum atomic E-state index is 12.2. The average molecular weight is 265 g/mol. The van der Waals surface area contributed by atoms with Crippen LogP contribution in [-0.4, -0.2) is 23.0 Å². The highest BCUT2D eigenvalue weighted by Crippen LogP contribution is 2.46. The summed E-state index contributed by atoms with van der Waals surface area (Å²) in [7, 11) is 0. The molecule has 19 heavy (non-hydrogen) atoms. The van der Waals surface area contributed by atoms with Crippen molar-refractivity contribution >= 4 is 17.6 Å². The molecule has 1 aliphatic carbocycles. The Morgan fingerprint density at radius 1 is 1.47 bits per heavy atom. The van der Waals surface area contributed by atoms with Gasteiger partial charge in [-0.1, -0.05) is 12.1 Å². The molecule has 0 aromatic carbocycles. The number of hydrogen-bond acceptors (Lipinski definition) is 4. The van der Waals surface area contributed by atoms with E-state index in [0.717, 1.165) is 6.42 Å². The van der Waals surface area contributed by atoms with Gasteiger partial charge in [-0.15, -0.1) is 0 Å². The molecule has 104 valence electrons. The Morgan fingerprint density at radius 2 is 2.16 bits per heavy atom. The van der Waals surface area contributed by atoms with Gasteiger partial charge in [0.05, 0.1) is 0 Å². The topological polar surface area (TPSA) is 84.2 Å². The van der Waals surface area contributed by atoms with E-state index in [9.17, 15) is 9.59 Å². The standard InChI is InChI=1S/C13H19N3O3/c1-4-8(2)14-11(17)13(5-6-13)12(18)15-10-7-9(3)19-16-10/h7-8H,4-6H2,1-3H3,(H,14,17)(H,15,16,18). The molecule has 1 atom stereocenters. The maximum Gasteiger partial charge on any atom is 0.241 e. The zero-order valence-corrected chi connectivity index (χ0v) is 11.4. The predicted molar refractivity (Wildman–Crippen MR) is 69.4 cm³/mol. The number of aromatic nitrogens is 1. The predicted octanol–water partition coefficient (Wildman–Crippen LogP) is 1.62. The van der Waals surface area contributed by atoms with Crippen LogP contribution < -0.4 is 10.6 Å². The monoisotopic (exact) mass is 265 g/mol. The summed E-state index contributed by atoms with van der Waals surface area (Å²) in [5.41, 5.74) is -0.920. The molecule has 1 aliphatic rings. The molecule has 6 nitrogen and oxygen atoms in total. The number of nitrogens with zero attached hydrogens (tertiary/aromatic N) is 1. The zero-order valence-electron chi connectivity index (χ0n) is 11.4. The molecule has 1 unspecified atom stereocenters. The molecule has 0 saturated heterocycles. The van der Waals surface area contributed by atoms with Gasteiger partial charge in [0.2, 0.25) is 11.8 Å². The first-order chi connectivity index (χ1) is 8.98. The highest BCUT2D eigenvalue weighted by Gasteiger charge is 2.56. The van der Waals surface area contributed by atoms with Crippen molar-refractivity contribution in [2.45, 2.75) is 46.1 Å². The van der Waals surface area contributed by atoms with E-state index in [2.05, 4.69) is 15.8 Å². The van der Waals surface area contributed by atoms with Crippen LogP contribution in [0.4, 0.5) is 5.82 Å². The molecule has 2 amide bonds. The quantitative estimate of drug-likeness (QED) is 0.792. The first kappa shape index (κ1) is 13.6. The lowest BCUT2D eigenvalue weighted by atomic mass is 10.0. The van der Waals surface area contributed by atoms with Crippen LogP contribution in [0, 0.1) is 12.3 Å². The van der Waals surface area contributed by atoms with Crippen LogP contribution in [0.3, 0.4) is 0 Å². The SMILES string of the molecule is CCC(C)NC(=O)C1(C(=O)Nc2cc(C)on2)CC1. The van der Waals surface area contributed by atoms with Gasteiger partial charge in [-0.25, -0.2) is 0 Å². The smallest absolute Gasteiger partial charge is 0.241 e. The molecule has 1 aromatic heterocycles.